The van der Waals surface area contributed by atoms with Gasteiger partial charge in [0.25, 0.3) is 0 Å². The van der Waals surface area contributed by atoms with Crippen molar-refractivity contribution in [1.29, 1.82) is 0 Å². The van der Waals surface area contributed by atoms with Crippen LogP contribution in [0.2, 0.25) is 0 Å². The first-order valence-electron chi connectivity index (χ1n) is 7.35. The predicted octanol–water partition coefficient (Wildman–Crippen LogP) is 0.705. The first kappa shape index (κ1) is 16.8. The van der Waals surface area contributed by atoms with Crippen molar-refractivity contribution >= 4 is 23.9 Å². The zero-order valence-electron chi connectivity index (χ0n) is 12.7. The average molecular weight is 375 g/mol. The Morgan fingerprint density at radius 2 is 0.917 bits per heavy atom. The van der Waals surface area contributed by atoms with Crippen LogP contribution < -0.4 is 19.7 Å². The maximum atomic E-state index is 11.7. The van der Waals surface area contributed by atoms with Gasteiger partial charge < -0.3 is 0 Å². The summed E-state index contributed by atoms with van der Waals surface area (Å²) in [7, 11) is -3.43. The Morgan fingerprint density at radius 3 is 1.17 bits per heavy atom. The van der Waals surface area contributed by atoms with Crippen LogP contribution in [-0.2, 0) is 24.7 Å². The molecule has 3 rings (SSSR count). The van der Waals surface area contributed by atoms with Gasteiger partial charge in [0.15, 0.2) is 0 Å². The third kappa shape index (κ3) is 3.39. The van der Waals surface area contributed by atoms with Crippen LogP contribution in [0.3, 0.4) is 0 Å². The van der Waals surface area contributed by atoms with E-state index in [1.165, 1.54) is 0 Å². The van der Waals surface area contributed by atoms with Crippen LogP contribution in [-0.4, -0.2) is 8.32 Å². The van der Waals surface area contributed by atoms with E-state index < -0.39 is 21.9 Å². The molecular weight excluding hydrogens is 360 g/mol. The summed E-state index contributed by atoms with van der Waals surface area (Å²) in [4.78, 5) is 0. The molecule has 0 spiro atoms. The topological polar surface area (TPSA) is 66.4 Å². The Morgan fingerprint density at radius 1 is 0.625 bits per heavy atom. The number of benzene rings is 3. The molecule has 0 amide bonds. The van der Waals surface area contributed by atoms with Gasteiger partial charge in [-0.05, 0) is 0 Å². The molecule has 24 heavy (non-hydrogen) atoms. The van der Waals surface area contributed by atoms with Crippen molar-refractivity contribution in [2.75, 3.05) is 0 Å². The quantitative estimate of drug-likeness (QED) is 0.487. The normalized spacial score (nSPS) is 12.0. The van der Waals surface area contributed by atoms with Crippen LogP contribution >= 0.6 is 0 Å². The van der Waals surface area contributed by atoms with Crippen molar-refractivity contribution in [2.24, 2.45) is 0 Å². The first-order chi connectivity index (χ1) is 11.5. The Labute approximate surface area is 143 Å². The van der Waals surface area contributed by atoms with Gasteiger partial charge in [0.2, 0.25) is 0 Å². The van der Waals surface area contributed by atoms with E-state index in [-0.39, 0.29) is 0 Å². The maximum absolute atomic E-state index is 11.7. The summed E-state index contributed by atoms with van der Waals surface area (Å²) in [5.41, 5.74) is 0. The predicted molar refractivity (Wildman–Crippen MR) is 86.4 cm³/mol. The van der Waals surface area contributed by atoms with E-state index in [2.05, 4.69) is 0 Å². The van der Waals surface area contributed by atoms with E-state index >= 15 is 0 Å². The summed E-state index contributed by atoms with van der Waals surface area (Å²) in [6, 6.07) is 27.3. The van der Waals surface area contributed by atoms with Gasteiger partial charge in [0, 0.05) is 0 Å². The molecule has 0 N–H and O–H groups in total. The minimum atomic E-state index is -5.72. The van der Waals surface area contributed by atoms with Gasteiger partial charge in [-0.2, -0.15) is 0 Å². The Hall–Kier alpha value is -2.07. The van der Waals surface area contributed by atoms with Gasteiger partial charge in [-0.15, -0.1) is 0 Å². The summed E-state index contributed by atoms with van der Waals surface area (Å²) in [5.74, 6) is 0. The molecule has 0 heterocycles. The molecule has 0 fully saturated rings. The van der Waals surface area contributed by atoms with E-state index in [9.17, 15) is 11.8 Å². The van der Waals surface area contributed by atoms with Crippen LogP contribution in [0.25, 0.3) is 0 Å². The fraction of sp³-hybridized carbons (Fsp3) is 0. The molecule has 122 valence electrons. The van der Waals surface area contributed by atoms with Crippen LogP contribution in [0, 0.1) is 0 Å². The van der Waals surface area contributed by atoms with E-state index in [4.69, 9.17) is 3.48 Å². The molecule has 6 heteroatoms. The average Bonchev–Trinajstić information content (AvgIpc) is 2.61. The van der Waals surface area contributed by atoms with Crippen LogP contribution in [0.5, 0.6) is 0 Å². The van der Waals surface area contributed by atoms with Gasteiger partial charge in [0.05, 0.1) is 0 Å². The second kappa shape index (κ2) is 6.81. The van der Waals surface area contributed by atoms with Gasteiger partial charge in [-0.3, -0.25) is 0 Å². The Balaban J connectivity index is 2.37. The number of rotatable bonds is 5. The Bertz CT molecular complexity index is 801. The van der Waals surface area contributed by atoms with Crippen LogP contribution in [0.15, 0.2) is 91.0 Å². The molecule has 0 saturated heterocycles. The second-order valence-electron chi connectivity index (χ2n) is 5.27. The molecule has 0 aromatic heterocycles. The van der Waals surface area contributed by atoms with E-state index in [1.807, 2.05) is 91.0 Å². The summed E-state index contributed by atoms with van der Waals surface area (Å²) >= 11 is -5.72. The first-order valence-corrected chi connectivity index (χ1v) is 11.3. The molecule has 0 atom stereocenters. The Kier molecular flexibility index (Phi) is 4.76. The molecule has 0 aliphatic rings. The SMILES string of the molecule is [O]=[Cr](=[O])([O-])[O][Si](c1ccccc1)(c1ccccc1)c1ccccc1. The molecule has 0 unspecified atom stereocenters. The van der Waals surface area contributed by atoms with Crippen molar-refractivity contribution < 1.29 is 28.9 Å². The monoisotopic (exact) mass is 375 g/mol. The molecule has 4 nitrogen and oxygen atoms in total. The summed E-state index contributed by atoms with van der Waals surface area (Å²) in [6.07, 6.45) is 0. The molecule has 0 bridgehead atoms. The second-order valence-corrected chi connectivity index (χ2v) is 10.6. The number of hydrogen-bond acceptors (Lipinski definition) is 4. The minimum absolute atomic E-state index is 0.714. The van der Waals surface area contributed by atoms with Crippen molar-refractivity contribution in [3.63, 3.8) is 0 Å². The third-order valence-electron chi connectivity index (χ3n) is 3.77. The molecule has 0 saturated carbocycles. The molecule has 0 aliphatic heterocycles. The van der Waals surface area contributed by atoms with E-state index in [0.717, 1.165) is 0 Å². The van der Waals surface area contributed by atoms with E-state index in [0.29, 0.717) is 15.6 Å². The summed E-state index contributed by atoms with van der Waals surface area (Å²) in [5, 5.41) is 2.14. The van der Waals surface area contributed by atoms with Gasteiger partial charge in [-0.25, -0.2) is 0 Å². The van der Waals surface area contributed by atoms with Crippen molar-refractivity contribution in [2.45, 2.75) is 0 Å². The summed E-state index contributed by atoms with van der Waals surface area (Å²) in [6.45, 7) is 0. The summed E-state index contributed by atoms with van der Waals surface area (Å²) < 4.78 is 40.5. The zero-order chi connectivity index (χ0) is 17.0. The van der Waals surface area contributed by atoms with Crippen LogP contribution in [0.4, 0.5) is 0 Å². The standard InChI is InChI=1S/C18H15OSi.Cr.3O/c19-20(16-10-4-1-5-11-16,17-12-6-2-7-13-17)18-14-8-3-9-15-18;;;;/h1-15H;;;;/q-1;+1;;;-1. The van der Waals surface area contributed by atoms with Crippen LogP contribution in [0.1, 0.15) is 0 Å². The van der Waals surface area contributed by atoms with Gasteiger partial charge >= 0.3 is 144 Å². The molecule has 3 aromatic carbocycles. The fourth-order valence-electron chi connectivity index (χ4n) is 2.82. The van der Waals surface area contributed by atoms with Crippen molar-refractivity contribution in [3.05, 3.63) is 91.0 Å². The van der Waals surface area contributed by atoms with Gasteiger partial charge in [-0.1, -0.05) is 0 Å². The molecular formula is C18H15CrO4Si-. The number of hydrogen-bond donors (Lipinski definition) is 0. The van der Waals surface area contributed by atoms with E-state index in [1.54, 1.807) is 0 Å². The molecule has 0 aliphatic carbocycles. The molecule has 3 aromatic rings. The third-order valence-corrected chi connectivity index (χ3v) is 9.79. The zero-order valence-corrected chi connectivity index (χ0v) is 15.0. The fourth-order valence-corrected chi connectivity index (χ4v) is 9.18. The molecule has 0 radical (unpaired) electrons. The van der Waals surface area contributed by atoms with Crippen molar-refractivity contribution in [1.82, 2.24) is 0 Å². The van der Waals surface area contributed by atoms with Crippen molar-refractivity contribution in [3.8, 4) is 0 Å². The van der Waals surface area contributed by atoms with Gasteiger partial charge in [0.1, 0.15) is 0 Å².